The number of nitrogens with one attached hydrogen (secondary N) is 3. The van der Waals surface area contributed by atoms with Crippen molar-refractivity contribution >= 4 is 23.4 Å². The van der Waals surface area contributed by atoms with Crippen LogP contribution in [0.25, 0.3) is 0 Å². The topological polar surface area (TPSA) is 87.3 Å². The summed E-state index contributed by atoms with van der Waals surface area (Å²) in [6.07, 6.45) is 8.14. The summed E-state index contributed by atoms with van der Waals surface area (Å²) in [7, 11) is 0. The van der Waals surface area contributed by atoms with Crippen molar-refractivity contribution in [2.75, 3.05) is 18.4 Å². The summed E-state index contributed by atoms with van der Waals surface area (Å²) in [6.45, 7) is 3.67. The fourth-order valence-electron chi connectivity index (χ4n) is 6.53. The van der Waals surface area contributed by atoms with Gasteiger partial charge in [0, 0.05) is 12.1 Å². The van der Waals surface area contributed by atoms with Crippen LogP contribution >= 0.6 is 0 Å². The van der Waals surface area contributed by atoms with Gasteiger partial charge in [-0.3, -0.25) is 14.4 Å². The summed E-state index contributed by atoms with van der Waals surface area (Å²) >= 11 is 0. The number of para-hydroxylation sites is 1. The first-order chi connectivity index (χ1) is 14.3. The molecule has 1 aromatic carbocycles. The lowest BCUT2D eigenvalue weighted by Gasteiger charge is -2.56. The number of rotatable bonds is 7. The molecule has 4 aliphatic carbocycles. The number of hydrogen-bond donors (Lipinski definition) is 3. The lowest BCUT2D eigenvalue weighted by molar-refractivity contribution is -0.132. The standard InChI is InChI=1S/C24H33N3O3/c1-15-4-3-5-16(2)23(15)27-22(30)14-26-21(29)13-25-20(28)12-24-9-17-6-18(10-24)8-19(7-17)11-24/h3-5,17-19H,6-14H2,1-2H3,(H,25,28)(H,26,29)(H,27,30). The molecule has 4 fully saturated rings. The Hall–Kier alpha value is -2.37. The average molecular weight is 412 g/mol. The fraction of sp³-hybridized carbons (Fsp3) is 0.625. The molecule has 4 bridgehead atoms. The molecular weight excluding hydrogens is 378 g/mol. The van der Waals surface area contributed by atoms with Crippen molar-refractivity contribution < 1.29 is 14.4 Å². The summed E-state index contributed by atoms with van der Waals surface area (Å²) in [6, 6.07) is 5.80. The third kappa shape index (κ3) is 4.68. The Kier molecular flexibility index (Phi) is 5.85. The molecule has 4 saturated carbocycles. The SMILES string of the molecule is Cc1cccc(C)c1NC(=O)CNC(=O)CNC(=O)CC12CC3CC(CC(C3)C1)C2. The monoisotopic (exact) mass is 411 g/mol. The number of benzene rings is 1. The van der Waals surface area contributed by atoms with E-state index in [4.69, 9.17) is 0 Å². The highest BCUT2D eigenvalue weighted by Gasteiger charge is 2.51. The van der Waals surface area contributed by atoms with Gasteiger partial charge in [-0.15, -0.1) is 0 Å². The second kappa shape index (κ2) is 8.40. The van der Waals surface area contributed by atoms with Crippen molar-refractivity contribution in [2.24, 2.45) is 23.2 Å². The molecule has 4 aliphatic rings. The lowest BCUT2D eigenvalue weighted by Crippen LogP contribution is -2.48. The molecule has 6 heteroatoms. The molecule has 0 aromatic heterocycles. The van der Waals surface area contributed by atoms with E-state index in [1.807, 2.05) is 32.0 Å². The molecule has 0 atom stereocenters. The van der Waals surface area contributed by atoms with E-state index < -0.39 is 0 Å². The van der Waals surface area contributed by atoms with Gasteiger partial charge in [-0.05, 0) is 86.7 Å². The van der Waals surface area contributed by atoms with E-state index >= 15 is 0 Å². The lowest BCUT2D eigenvalue weighted by atomic mass is 9.49. The Morgan fingerprint density at radius 3 is 1.90 bits per heavy atom. The summed E-state index contributed by atoms with van der Waals surface area (Å²) in [5.41, 5.74) is 2.90. The molecule has 3 N–H and O–H groups in total. The smallest absolute Gasteiger partial charge is 0.243 e. The number of aryl methyl sites for hydroxylation is 2. The number of carbonyl (C=O) groups excluding carboxylic acids is 3. The van der Waals surface area contributed by atoms with Gasteiger partial charge >= 0.3 is 0 Å². The molecule has 5 rings (SSSR count). The number of carbonyl (C=O) groups is 3. The summed E-state index contributed by atoms with van der Waals surface area (Å²) < 4.78 is 0. The molecule has 0 unspecified atom stereocenters. The molecular formula is C24H33N3O3. The Labute approximate surface area is 178 Å². The Balaban J connectivity index is 1.19. The van der Waals surface area contributed by atoms with E-state index in [2.05, 4.69) is 16.0 Å². The minimum absolute atomic E-state index is 0.0351. The first-order valence-electron chi connectivity index (χ1n) is 11.2. The van der Waals surface area contributed by atoms with E-state index in [-0.39, 0.29) is 36.2 Å². The second-order valence-electron chi connectivity index (χ2n) is 9.96. The van der Waals surface area contributed by atoms with E-state index in [1.54, 1.807) is 0 Å². The van der Waals surface area contributed by atoms with Gasteiger partial charge in [-0.25, -0.2) is 0 Å². The molecule has 0 heterocycles. The summed E-state index contributed by atoms with van der Waals surface area (Å²) in [5.74, 6) is 1.77. The molecule has 0 aliphatic heterocycles. The van der Waals surface area contributed by atoms with Crippen molar-refractivity contribution in [1.82, 2.24) is 10.6 Å². The third-order valence-electron chi connectivity index (χ3n) is 7.34. The third-order valence-corrected chi connectivity index (χ3v) is 7.34. The van der Waals surface area contributed by atoms with Crippen molar-refractivity contribution in [3.63, 3.8) is 0 Å². The number of anilines is 1. The van der Waals surface area contributed by atoms with Gasteiger partial charge in [0.1, 0.15) is 0 Å². The minimum Gasteiger partial charge on any atom is -0.347 e. The van der Waals surface area contributed by atoms with Gasteiger partial charge in [0.25, 0.3) is 0 Å². The molecule has 30 heavy (non-hydrogen) atoms. The zero-order valence-electron chi connectivity index (χ0n) is 18.1. The van der Waals surface area contributed by atoms with Crippen LogP contribution in [0.15, 0.2) is 18.2 Å². The van der Waals surface area contributed by atoms with E-state index in [9.17, 15) is 14.4 Å². The fourth-order valence-corrected chi connectivity index (χ4v) is 6.53. The first kappa shape index (κ1) is 20.9. The van der Waals surface area contributed by atoms with Gasteiger partial charge in [0.05, 0.1) is 13.1 Å². The highest BCUT2D eigenvalue weighted by atomic mass is 16.2. The predicted octanol–water partition coefficient (Wildman–Crippen LogP) is 3.08. The van der Waals surface area contributed by atoms with Crippen molar-refractivity contribution in [3.05, 3.63) is 29.3 Å². The van der Waals surface area contributed by atoms with Crippen LogP contribution in [0.2, 0.25) is 0 Å². The maximum atomic E-state index is 12.5. The minimum atomic E-state index is -0.342. The second-order valence-corrected chi connectivity index (χ2v) is 9.96. The molecule has 3 amide bonds. The van der Waals surface area contributed by atoms with E-state index in [1.165, 1.54) is 38.5 Å². The van der Waals surface area contributed by atoms with Gasteiger partial charge in [0.2, 0.25) is 17.7 Å². The average Bonchev–Trinajstić information content (AvgIpc) is 2.66. The van der Waals surface area contributed by atoms with Crippen LogP contribution in [0, 0.1) is 37.0 Å². The van der Waals surface area contributed by atoms with Crippen LogP contribution in [0.5, 0.6) is 0 Å². The number of amides is 3. The predicted molar refractivity (Wildman–Crippen MR) is 116 cm³/mol. The summed E-state index contributed by atoms with van der Waals surface area (Å²) in [4.78, 5) is 36.8. The maximum Gasteiger partial charge on any atom is 0.243 e. The maximum absolute atomic E-state index is 12.5. The number of hydrogen-bond acceptors (Lipinski definition) is 3. The van der Waals surface area contributed by atoms with Gasteiger partial charge in [-0.1, -0.05) is 18.2 Å². The molecule has 162 valence electrons. The Morgan fingerprint density at radius 2 is 1.33 bits per heavy atom. The van der Waals surface area contributed by atoms with Crippen LogP contribution in [0.4, 0.5) is 5.69 Å². The largest absolute Gasteiger partial charge is 0.347 e. The quantitative estimate of drug-likeness (QED) is 0.644. The van der Waals surface area contributed by atoms with Crippen LogP contribution in [-0.2, 0) is 14.4 Å². The van der Waals surface area contributed by atoms with E-state index in [0.717, 1.165) is 34.6 Å². The highest BCUT2D eigenvalue weighted by Crippen LogP contribution is 2.61. The van der Waals surface area contributed by atoms with Crippen molar-refractivity contribution in [1.29, 1.82) is 0 Å². The Morgan fingerprint density at radius 1 is 0.833 bits per heavy atom. The summed E-state index contributed by atoms with van der Waals surface area (Å²) in [5, 5.41) is 8.20. The van der Waals surface area contributed by atoms with Crippen molar-refractivity contribution in [2.45, 2.75) is 58.8 Å². The van der Waals surface area contributed by atoms with Gasteiger partial charge < -0.3 is 16.0 Å². The normalized spacial score (nSPS) is 28.8. The first-order valence-corrected chi connectivity index (χ1v) is 11.2. The zero-order chi connectivity index (χ0) is 21.3. The van der Waals surface area contributed by atoms with E-state index in [0.29, 0.717) is 6.42 Å². The Bertz CT molecular complexity index is 793. The van der Waals surface area contributed by atoms with Crippen LogP contribution in [-0.4, -0.2) is 30.8 Å². The molecule has 0 spiro atoms. The van der Waals surface area contributed by atoms with Crippen LogP contribution in [0.1, 0.15) is 56.1 Å². The zero-order valence-corrected chi connectivity index (χ0v) is 18.1. The van der Waals surface area contributed by atoms with Crippen LogP contribution < -0.4 is 16.0 Å². The molecule has 0 radical (unpaired) electrons. The highest BCUT2D eigenvalue weighted by molar-refractivity contribution is 5.96. The van der Waals surface area contributed by atoms with Gasteiger partial charge in [-0.2, -0.15) is 0 Å². The van der Waals surface area contributed by atoms with Crippen LogP contribution in [0.3, 0.4) is 0 Å². The molecule has 1 aromatic rings. The van der Waals surface area contributed by atoms with Gasteiger partial charge in [0.15, 0.2) is 0 Å². The molecule has 0 saturated heterocycles. The van der Waals surface area contributed by atoms with Crippen molar-refractivity contribution in [3.8, 4) is 0 Å². The molecule has 6 nitrogen and oxygen atoms in total.